The van der Waals surface area contributed by atoms with Gasteiger partial charge in [-0.3, -0.25) is 0 Å². The Morgan fingerprint density at radius 3 is 2.59 bits per heavy atom. The van der Waals surface area contributed by atoms with Gasteiger partial charge in [0.2, 0.25) is 0 Å². The second-order valence-electron chi connectivity index (χ2n) is 8.33. The van der Waals surface area contributed by atoms with E-state index in [1.54, 1.807) is 0 Å². The summed E-state index contributed by atoms with van der Waals surface area (Å²) in [7, 11) is 0. The minimum Gasteiger partial charge on any atom is -0.370 e. The molecular formula is C23H43N3S. The van der Waals surface area contributed by atoms with E-state index >= 15 is 0 Å². The lowest BCUT2D eigenvalue weighted by molar-refractivity contribution is 0.345. The van der Waals surface area contributed by atoms with Crippen LogP contribution in [0, 0.1) is 5.41 Å². The second-order valence-corrected chi connectivity index (χ2v) is 9.72. The number of hydrogen-bond donors (Lipinski definition) is 2. The summed E-state index contributed by atoms with van der Waals surface area (Å²) in [4.78, 5) is 4.89. The fourth-order valence-corrected chi connectivity index (χ4v) is 3.77. The maximum atomic E-state index is 4.89. The standard InChI is InChI=1S/C23H43N3S/c1-6-9-12-20(24-16-17-27-8-3)18-21-13-11-14-22(26-21)25-19-23(4,5)15-10-7-2/h11,13-14,20,24H,6-10,12,15-19H2,1-5H3,(H,25,26). The van der Waals surface area contributed by atoms with Gasteiger partial charge in [-0.25, -0.2) is 4.98 Å². The van der Waals surface area contributed by atoms with E-state index < -0.39 is 0 Å². The Kier molecular flexibility index (Phi) is 12.9. The van der Waals surface area contributed by atoms with E-state index in [4.69, 9.17) is 4.98 Å². The van der Waals surface area contributed by atoms with Gasteiger partial charge in [0, 0.05) is 37.0 Å². The normalized spacial score (nSPS) is 12.9. The third-order valence-electron chi connectivity index (χ3n) is 5.01. The molecule has 2 N–H and O–H groups in total. The molecule has 0 fully saturated rings. The number of unbranched alkanes of at least 4 members (excludes halogenated alkanes) is 2. The van der Waals surface area contributed by atoms with Crippen LogP contribution in [0.5, 0.6) is 0 Å². The molecule has 0 bridgehead atoms. The highest BCUT2D eigenvalue weighted by Gasteiger charge is 2.17. The summed E-state index contributed by atoms with van der Waals surface area (Å²) in [6, 6.07) is 6.96. The van der Waals surface area contributed by atoms with Crippen molar-refractivity contribution in [3.8, 4) is 0 Å². The molecule has 0 saturated carbocycles. The predicted octanol–water partition coefficient (Wildman–Crippen LogP) is 6.15. The molecule has 156 valence electrons. The highest BCUT2D eigenvalue weighted by atomic mass is 32.2. The zero-order valence-electron chi connectivity index (χ0n) is 18.4. The molecule has 0 aliphatic heterocycles. The van der Waals surface area contributed by atoms with Crippen molar-refractivity contribution in [2.24, 2.45) is 5.41 Å². The number of pyridine rings is 1. The summed E-state index contributed by atoms with van der Waals surface area (Å²) < 4.78 is 0. The van der Waals surface area contributed by atoms with Crippen molar-refractivity contribution in [2.45, 2.75) is 85.6 Å². The first-order valence-electron chi connectivity index (χ1n) is 11.0. The van der Waals surface area contributed by atoms with Crippen molar-refractivity contribution in [1.82, 2.24) is 10.3 Å². The van der Waals surface area contributed by atoms with Crippen LogP contribution in [0.3, 0.4) is 0 Å². The molecule has 0 amide bonds. The fraction of sp³-hybridized carbons (Fsp3) is 0.783. The number of anilines is 1. The van der Waals surface area contributed by atoms with Gasteiger partial charge < -0.3 is 10.6 Å². The van der Waals surface area contributed by atoms with Crippen molar-refractivity contribution in [2.75, 3.05) is 29.9 Å². The molecule has 1 rings (SSSR count). The lowest BCUT2D eigenvalue weighted by atomic mass is 9.87. The van der Waals surface area contributed by atoms with Gasteiger partial charge in [-0.05, 0) is 36.1 Å². The van der Waals surface area contributed by atoms with Gasteiger partial charge in [0.15, 0.2) is 0 Å². The van der Waals surface area contributed by atoms with E-state index in [1.807, 2.05) is 11.8 Å². The predicted molar refractivity (Wildman–Crippen MR) is 124 cm³/mol. The van der Waals surface area contributed by atoms with Gasteiger partial charge >= 0.3 is 0 Å². The average Bonchev–Trinajstić information content (AvgIpc) is 2.66. The van der Waals surface area contributed by atoms with E-state index in [9.17, 15) is 0 Å². The quantitative estimate of drug-likeness (QED) is 0.330. The molecule has 27 heavy (non-hydrogen) atoms. The van der Waals surface area contributed by atoms with Crippen molar-refractivity contribution in [3.63, 3.8) is 0 Å². The molecule has 0 aliphatic carbocycles. The van der Waals surface area contributed by atoms with Crippen molar-refractivity contribution in [1.29, 1.82) is 0 Å². The Morgan fingerprint density at radius 2 is 1.89 bits per heavy atom. The topological polar surface area (TPSA) is 37.0 Å². The largest absolute Gasteiger partial charge is 0.370 e. The van der Waals surface area contributed by atoms with E-state index in [0.29, 0.717) is 11.5 Å². The number of hydrogen-bond acceptors (Lipinski definition) is 4. The molecule has 0 aliphatic rings. The monoisotopic (exact) mass is 393 g/mol. The van der Waals surface area contributed by atoms with Gasteiger partial charge in [0.1, 0.15) is 5.82 Å². The van der Waals surface area contributed by atoms with E-state index in [-0.39, 0.29) is 0 Å². The highest BCUT2D eigenvalue weighted by molar-refractivity contribution is 7.99. The van der Waals surface area contributed by atoms with Crippen LogP contribution in [0.1, 0.15) is 78.8 Å². The van der Waals surface area contributed by atoms with Crippen LogP contribution in [-0.4, -0.2) is 35.6 Å². The van der Waals surface area contributed by atoms with Crippen LogP contribution in [-0.2, 0) is 6.42 Å². The van der Waals surface area contributed by atoms with Crippen molar-refractivity contribution < 1.29 is 0 Å². The minimum absolute atomic E-state index is 0.315. The minimum atomic E-state index is 0.315. The molecule has 1 aromatic heterocycles. The molecular weight excluding hydrogens is 350 g/mol. The first-order valence-corrected chi connectivity index (χ1v) is 12.2. The molecule has 4 heteroatoms. The van der Waals surface area contributed by atoms with Crippen LogP contribution >= 0.6 is 11.8 Å². The molecule has 1 aromatic rings. The van der Waals surface area contributed by atoms with E-state index in [2.05, 4.69) is 63.5 Å². The summed E-state index contributed by atoms with van der Waals surface area (Å²) in [6.45, 7) is 13.5. The van der Waals surface area contributed by atoms with E-state index in [1.165, 1.54) is 55.7 Å². The van der Waals surface area contributed by atoms with E-state index in [0.717, 1.165) is 25.3 Å². The molecule has 0 radical (unpaired) electrons. The molecule has 1 unspecified atom stereocenters. The third-order valence-corrected chi connectivity index (χ3v) is 5.91. The first-order chi connectivity index (χ1) is 13.0. The summed E-state index contributed by atoms with van der Waals surface area (Å²) in [5, 5.41) is 7.33. The lowest BCUT2D eigenvalue weighted by Crippen LogP contribution is -2.33. The zero-order chi connectivity index (χ0) is 20.0. The third kappa shape index (κ3) is 11.6. The average molecular weight is 394 g/mol. The molecule has 3 nitrogen and oxygen atoms in total. The Labute approximate surface area is 172 Å². The summed E-state index contributed by atoms with van der Waals surface area (Å²) in [5.74, 6) is 3.42. The number of rotatable bonds is 16. The van der Waals surface area contributed by atoms with Gasteiger partial charge in [0.05, 0.1) is 0 Å². The van der Waals surface area contributed by atoms with Crippen LogP contribution in [0.2, 0.25) is 0 Å². The van der Waals surface area contributed by atoms with Gasteiger partial charge in [-0.2, -0.15) is 11.8 Å². The fourth-order valence-electron chi connectivity index (χ4n) is 3.22. The SMILES string of the molecule is CCCCC(Cc1cccc(NCC(C)(C)CCCC)n1)NCCSCC. The summed E-state index contributed by atoms with van der Waals surface area (Å²) in [6.07, 6.45) is 8.60. The number of thioether (sulfide) groups is 1. The molecule has 0 aromatic carbocycles. The van der Waals surface area contributed by atoms with Crippen LogP contribution < -0.4 is 10.6 Å². The number of nitrogens with one attached hydrogen (secondary N) is 2. The Morgan fingerprint density at radius 1 is 1.11 bits per heavy atom. The maximum absolute atomic E-state index is 4.89. The van der Waals surface area contributed by atoms with Crippen molar-refractivity contribution in [3.05, 3.63) is 23.9 Å². The number of aromatic nitrogens is 1. The van der Waals surface area contributed by atoms with Crippen LogP contribution in [0.15, 0.2) is 18.2 Å². The summed E-state index contributed by atoms with van der Waals surface area (Å²) in [5.41, 5.74) is 1.51. The Balaban J connectivity index is 2.57. The smallest absolute Gasteiger partial charge is 0.126 e. The highest BCUT2D eigenvalue weighted by Crippen LogP contribution is 2.23. The maximum Gasteiger partial charge on any atom is 0.126 e. The zero-order valence-corrected chi connectivity index (χ0v) is 19.3. The molecule has 1 atom stereocenters. The second kappa shape index (κ2) is 14.3. The number of nitrogens with zero attached hydrogens (tertiary/aromatic N) is 1. The Bertz CT molecular complexity index is 490. The van der Waals surface area contributed by atoms with Gasteiger partial charge in [-0.15, -0.1) is 0 Å². The van der Waals surface area contributed by atoms with Gasteiger partial charge in [0.25, 0.3) is 0 Å². The van der Waals surface area contributed by atoms with Crippen molar-refractivity contribution >= 4 is 17.6 Å². The van der Waals surface area contributed by atoms with Gasteiger partial charge in [-0.1, -0.05) is 66.4 Å². The summed E-state index contributed by atoms with van der Waals surface area (Å²) >= 11 is 2.01. The van der Waals surface area contributed by atoms with Crippen LogP contribution in [0.25, 0.3) is 0 Å². The Hall–Kier alpha value is -0.740. The lowest BCUT2D eigenvalue weighted by Gasteiger charge is -2.25. The molecule has 0 saturated heterocycles. The van der Waals surface area contributed by atoms with Crippen LogP contribution in [0.4, 0.5) is 5.82 Å². The molecule has 0 spiro atoms. The first kappa shape index (κ1) is 24.3. The molecule has 1 heterocycles.